The summed E-state index contributed by atoms with van der Waals surface area (Å²) in [5.41, 5.74) is 0. The Bertz CT molecular complexity index is 209. The van der Waals surface area contributed by atoms with Crippen molar-refractivity contribution in [1.29, 1.82) is 0 Å². The van der Waals surface area contributed by atoms with Crippen molar-refractivity contribution >= 4 is 5.91 Å². The molecule has 2 unspecified atom stereocenters. The predicted molar refractivity (Wildman–Crippen MR) is 65.3 cm³/mol. The maximum Gasteiger partial charge on any atom is 0.239 e. The van der Waals surface area contributed by atoms with Crippen molar-refractivity contribution in [2.24, 2.45) is 0 Å². The maximum absolute atomic E-state index is 11.7. The van der Waals surface area contributed by atoms with Crippen molar-refractivity contribution in [2.75, 3.05) is 40.8 Å². The fourth-order valence-electron chi connectivity index (χ4n) is 1.37. The van der Waals surface area contributed by atoms with Gasteiger partial charge in [-0.3, -0.25) is 4.79 Å². The number of hydrogen-bond donors (Lipinski definition) is 2. The van der Waals surface area contributed by atoms with Crippen molar-refractivity contribution in [3.8, 4) is 0 Å². The van der Waals surface area contributed by atoms with Crippen LogP contribution in [0, 0.1) is 0 Å². The van der Waals surface area contributed by atoms with Crippen LogP contribution < -0.4 is 5.32 Å². The maximum atomic E-state index is 11.7. The van der Waals surface area contributed by atoms with Gasteiger partial charge in [-0.05, 0) is 27.9 Å². The molecular weight excluding hydrogens is 206 g/mol. The van der Waals surface area contributed by atoms with Crippen LogP contribution in [0.25, 0.3) is 0 Å². The molecule has 0 saturated heterocycles. The number of rotatable bonds is 7. The summed E-state index contributed by atoms with van der Waals surface area (Å²) in [7, 11) is 5.59. The molecule has 0 aromatic carbocycles. The second-order valence-corrected chi connectivity index (χ2v) is 4.40. The van der Waals surface area contributed by atoms with Crippen LogP contribution in [-0.4, -0.2) is 73.7 Å². The molecule has 1 amide bonds. The summed E-state index contributed by atoms with van der Waals surface area (Å²) in [4.78, 5) is 15.3. The van der Waals surface area contributed by atoms with E-state index in [0.29, 0.717) is 19.6 Å². The second kappa shape index (κ2) is 7.60. The Balaban J connectivity index is 3.88. The Morgan fingerprint density at radius 2 is 1.94 bits per heavy atom. The lowest BCUT2D eigenvalue weighted by atomic mass is 10.2. The van der Waals surface area contributed by atoms with Crippen LogP contribution in [0.15, 0.2) is 0 Å². The fourth-order valence-corrected chi connectivity index (χ4v) is 1.37. The van der Waals surface area contributed by atoms with Crippen LogP contribution in [0.4, 0.5) is 0 Å². The summed E-state index contributed by atoms with van der Waals surface area (Å²) in [6.07, 6.45) is -0.447. The predicted octanol–water partition coefficient (Wildman–Crippen LogP) is -0.635. The van der Waals surface area contributed by atoms with Crippen molar-refractivity contribution in [2.45, 2.75) is 26.0 Å². The quantitative estimate of drug-likeness (QED) is 0.612. The number of carbonyl (C=O) groups is 1. The number of hydrogen-bond acceptors (Lipinski definition) is 4. The van der Waals surface area contributed by atoms with Crippen LogP contribution in [0.2, 0.25) is 0 Å². The van der Waals surface area contributed by atoms with E-state index in [1.165, 1.54) is 0 Å². The molecule has 5 nitrogen and oxygen atoms in total. The highest BCUT2D eigenvalue weighted by Crippen LogP contribution is 1.92. The molecule has 0 aliphatic heterocycles. The molecule has 96 valence electrons. The standard InChI is InChI=1S/C11H25N3O2/c1-6-14(5)11(16)9(2)12-7-10(15)8-13(3)4/h9-10,12,15H,6-8H2,1-5H3. The molecule has 2 atom stereocenters. The summed E-state index contributed by atoms with van der Waals surface area (Å²) in [6, 6.07) is -0.248. The van der Waals surface area contributed by atoms with Crippen molar-refractivity contribution < 1.29 is 9.90 Å². The van der Waals surface area contributed by atoms with Gasteiger partial charge < -0.3 is 20.2 Å². The van der Waals surface area contributed by atoms with Crippen LogP contribution >= 0.6 is 0 Å². The van der Waals surface area contributed by atoms with E-state index < -0.39 is 6.10 Å². The third kappa shape index (κ3) is 6.05. The minimum Gasteiger partial charge on any atom is -0.390 e. The highest BCUT2D eigenvalue weighted by Gasteiger charge is 2.16. The first-order valence-corrected chi connectivity index (χ1v) is 5.69. The summed E-state index contributed by atoms with van der Waals surface area (Å²) in [5.74, 6) is 0.0551. The fraction of sp³-hybridized carbons (Fsp3) is 0.909. The average Bonchev–Trinajstić information content (AvgIpc) is 2.22. The summed E-state index contributed by atoms with van der Waals surface area (Å²) in [5, 5.41) is 12.7. The molecule has 0 bridgehead atoms. The molecule has 0 aromatic heterocycles. The Kier molecular flexibility index (Phi) is 7.29. The molecule has 0 radical (unpaired) electrons. The van der Waals surface area contributed by atoms with Gasteiger partial charge in [0.1, 0.15) is 0 Å². The van der Waals surface area contributed by atoms with Crippen LogP contribution in [0.1, 0.15) is 13.8 Å². The molecule has 2 N–H and O–H groups in total. The minimum absolute atomic E-state index is 0.0551. The lowest BCUT2D eigenvalue weighted by molar-refractivity contribution is -0.131. The van der Waals surface area contributed by atoms with Gasteiger partial charge in [0.25, 0.3) is 0 Å². The normalized spacial score (nSPS) is 14.9. The van der Waals surface area contributed by atoms with Gasteiger partial charge in [-0.15, -0.1) is 0 Å². The zero-order valence-electron chi connectivity index (χ0n) is 11.0. The largest absolute Gasteiger partial charge is 0.390 e. The third-order valence-corrected chi connectivity index (χ3v) is 2.46. The van der Waals surface area contributed by atoms with E-state index in [9.17, 15) is 9.90 Å². The molecule has 0 aliphatic rings. The Hall–Kier alpha value is -0.650. The van der Waals surface area contributed by atoms with Crippen LogP contribution in [0.5, 0.6) is 0 Å². The first-order valence-electron chi connectivity index (χ1n) is 5.69. The topological polar surface area (TPSA) is 55.8 Å². The number of carbonyl (C=O) groups excluding carboxylic acids is 1. The SMILES string of the molecule is CCN(C)C(=O)C(C)NCC(O)CN(C)C. The van der Waals surface area contributed by atoms with Gasteiger partial charge >= 0.3 is 0 Å². The van der Waals surface area contributed by atoms with Gasteiger partial charge in [0.15, 0.2) is 0 Å². The van der Waals surface area contributed by atoms with E-state index in [1.807, 2.05) is 32.8 Å². The smallest absolute Gasteiger partial charge is 0.239 e. The van der Waals surface area contributed by atoms with E-state index in [2.05, 4.69) is 5.32 Å². The van der Waals surface area contributed by atoms with Gasteiger partial charge in [0.05, 0.1) is 12.1 Å². The molecule has 0 fully saturated rings. The summed E-state index contributed by atoms with van der Waals surface area (Å²) in [6.45, 7) is 5.48. The van der Waals surface area contributed by atoms with E-state index >= 15 is 0 Å². The van der Waals surface area contributed by atoms with Gasteiger partial charge in [0.2, 0.25) is 5.91 Å². The summed E-state index contributed by atoms with van der Waals surface area (Å²) >= 11 is 0. The Morgan fingerprint density at radius 1 is 1.38 bits per heavy atom. The number of amides is 1. The molecule has 0 rings (SSSR count). The molecule has 0 spiro atoms. The van der Waals surface area contributed by atoms with E-state index in [4.69, 9.17) is 0 Å². The van der Waals surface area contributed by atoms with Gasteiger partial charge in [-0.1, -0.05) is 0 Å². The van der Waals surface area contributed by atoms with Crippen LogP contribution in [0.3, 0.4) is 0 Å². The van der Waals surface area contributed by atoms with Crippen molar-refractivity contribution in [1.82, 2.24) is 15.1 Å². The molecule has 0 aromatic rings. The molecule has 16 heavy (non-hydrogen) atoms. The molecule has 0 aliphatic carbocycles. The van der Waals surface area contributed by atoms with E-state index in [-0.39, 0.29) is 11.9 Å². The van der Waals surface area contributed by atoms with Gasteiger partial charge in [0, 0.05) is 26.7 Å². The average molecular weight is 231 g/mol. The third-order valence-electron chi connectivity index (χ3n) is 2.46. The van der Waals surface area contributed by atoms with Crippen LogP contribution in [-0.2, 0) is 4.79 Å². The highest BCUT2D eigenvalue weighted by atomic mass is 16.3. The summed E-state index contributed by atoms with van der Waals surface area (Å²) < 4.78 is 0. The molecule has 0 saturated carbocycles. The first-order chi connectivity index (χ1) is 7.38. The molecule has 0 heterocycles. The monoisotopic (exact) mass is 231 g/mol. The molecular formula is C11H25N3O2. The number of nitrogens with zero attached hydrogens (tertiary/aromatic N) is 2. The lowest BCUT2D eigenvalue weighted by Crippen LogP contribution is -2.46. The Morgan fingerprint density at radius 3 is 2.38 bits per heavy atom. The van der Waals surface area contributed by atoms with Crippen molar-refractivity contribution in [3.05, 3.63) is 0 Å². The second-order valence-electron chi connectivity index (χ2n) is 4.40. The first kappa shape index (κ1) is 15.3. The number of aliphatic hydroxyl groups excluding tert-OH is 1. The Labute approximate surface area is 98.4 Å². The lowest BCUT2D eigenvalue weighted by Gasteiger charge is -2.22. The number of nitrogens with one attached hydrogen (secondary N) is 1. The molecule has 5 heteroatoms. The number of likely N-dealkylation sites (N-methyl/N-ethyl adjacent to an activating group) is 2. The zero-order chi connectivity index (χ0) is 12.7. The zero-order valence-corrected chi connectivity index (χ0v) is 11.0. The van der Waals surface area contributed by atoms with Gasteiger partial charge in [-0.25, -0.2) is 0 Å². The van der Waals surface area contributed by atoms with Crippen molar-refractivity contribution in [3.63, 3.8) is 0 Å². The van der Waals surface area contributed by atoms with E-state index in [0.717, 1.165) is 0 Å². The van der Waals surface area contributed by atoms with Gasteiger partial charge in [-0.2, -0.15) is 0 Å². The minimum atomic E-state index is -0.447. The number of aliphatic hydroxyl groups is 1. The van der Waals surface area contributed by atoms with E-state index in [1.54, 1.807) is 11.9 Å². The highest BCUT2D eigenvalue weighted by molar-refractivity contribution is 5.81.